The average molecular weight is 239 g/mol. The lowest BCUT2D eigenvalue weighted by Crippen LogP contribution is -2.20. The Hall–Kier alpha value is -0.350. The molecule has 0 saturated heterocycles. The monoisotopic (exact) mass is 237 g/mol. The molecule has 0 aliphatic rings. The predicted octanol–water partition coefficient (Wildman–Crippen LogP) is 1.57. The lowest BCUT2D eigenvalue weighted by Gasteiger charge is -2.00. The smallest absolute Gasteiger partial charge is 0.221 e. The van der Waals surface area contributed by atoms with Crippen LogP contribution in [-0.4, -0.2) is 9.55 Å². The summed E-state index contributed by atoms with van der Waals surface area (Å²) in [7, 11) is 0. The van der Waals surface area contributed by atoms with Gasteiger partial charge >= 0.3 is 0 Å². The van der Waals surface area contributed by atoms with Crippen molar-refractivity contribution in [1.29, 1.82) is 5.41 Å². The minimum absolute atomic E-state index is 0. The Kier molecular flexibility index (Phi) is 4.37. The Morgan fingerprint density at radius 3 is 2.82 bits per heavy atom. The Morgan fingerprint density at radius 1 is 1.73 bits per heavy atom. The van der Waals surface area contributed by atoms with Gasteiger partial charge in [0.05, 0.1) is 4.47 Å². The molecular weight excluding hydrogens is 229 g/mol. The SMILES string of the molecule is CCn1cc(Br)cnc1=N.Cl. The highest BCUT2D eigenvalue weighted by Crippen LogP contribution is 2.02. The maximum Gasteiger partial charge on any atom is 0.221 e. The highest BCUT2D eigenvalue weighted by Gasteiger charge is 1.90. The van der Waals surface area contributed by atoms with Crippen molar-refractivity contribution in [3.8, 4) is 0 Å². The maximum absolute atomic E-state index is 7.30. The van der Waals surface area contributed by atoms with E-state index in [1.54, 1.807) is 10.8 Å². The zero-order valence-electron chi connectivity index (χ0n) is 6.04. The first-order valence-electron chi connectivity index (χ1n) is 3.00. The molecule has 1 aromatic rings. The zero-order valence-corrected chi connectivity index (χ0v) is 8.44. The van der Waals surface area contributed by atoms with Crippen LogP contribution < -0.4 is 5.62 Å². The minimum Gasteiger partial charge on any atom is -0.317 e. The molecule has 3 nitrogen and oxygen atoms in total. The number of aromatic nitrogens is 2. The molecule has 1 rings (SSSR count). The van der Waals surface area contributed by atoms with Gasteiger partial charge in [-0.15, -0.1) is 12.4 Å². The molecule has 0 aliphatic heterocycles. The van der Waals surface area contributed by atoms with E-state index in [1.165, 1.54) is 0 Å². The lowest BCUT2D eigenvalue weighted by molar-refractivity contribution is 0.666. The highest BCUT2D eigenvalue weighted by molar-refractivity contribution is 9.10. The van der Waals surface area contributed by atoms with E-state index >= 15 is 0 Å². The number of halogens is 2. The van der Waals surface area contributed by atoms with Crippen LogP contribution in [0.4, 0.5) is 0 Å². The van der Waals surface area contributed by atoms with Crippen molar-refractivity contribution in [2.75, 3.05) is 0 Å². The number of hydrogen-bond acceptors (Lipinski definition) is 2. The number of hydrogen-bond donors (Lipinski definition) is 1. The summed E-state index contributed by atoms with van der Waals surface area (Å²) in [5, 5.41) is 7.30. The van der Waals surface area contributed by atoms with E-state index in [4.69, 9.17) is 5.41 Å². The Balaban J connectivity index is 0.000001000. The first-order chi connectivity index (χ1) is 4.74. The molecule has 0 bridgehead atoms. The van der Waals surface area contributed by atoms with Gasteiger partial charge in [0.2, 0.25) is 5.62 Å². The molecule has 1 aromatic heterocycles. The van der Waals surface area contributed by atoms with Crippen LogP contribution in [0.1, 0.15) is 6.92 Å². The van der Waals surface area contributed by atoms with Gasteiger partial charge in [-0.2, -0.15) is 0 Å². The third-order valence-electron chi connectivity index (χ3n) is 1.20. The van der Waals surface area contributed by atoms with Gasteiger partial charge in [0.15, 0.2) is 0 Å². The van der Waals surface area contributed by atoms with Crippen LogP contribution in [0.5, 0.6) is 0 Å². The second kappa shape index (κ2) is 4.51. The molecule has 0 atom stereocenters. The number of aryl methyl sites for hydroxylation is 1. The molecule has 0 unspecified atom stereocenters. The van der Waals surface area contributed by atoms with Gasteiger partial charge in [0.25, 0.3) is 0 Å². The molecule has 5 heteroatoms. The quantitative estimate of drug-likeness (QED) is 0.793. The molecule has 0 aliphatic carbocycles. The van der Waals surface area contributed by atoms with E-state index in [1.807, 2.05) is 13.1 Å². The van der Waals surface area contributed by atoms with Gasteiger partial charge < -0.3 is 4.57 Å². The van der Waals surface area contributed by atoms with Crippen LogP contribution in [0.25, 0.3) is 0 Å². The van der Waals surface area contributed by atoms with Crippen LogP contribution in [0.2, 0.25) is 0 Å². The van der Waals surface area contributed by atoms with Gasteiger partial charge in [0, 0.05) is 18.9 Å². The first-order valence-corrected chi connectivity index (χ1v) is 3.80. The van der Waals surface area contributed by atoms with Crippen LogP contribution in [0, 0.1) is 5.41 Å². The summed E-state index contributed by atoms with van der Waals surface area (Å²) in [6.07, 6.45) is 3.46. The first kappa shape index (κ1) is 10.7. The van der Waals surface area contributed by atoms with Crippen LogP contribution in [-0.2, 0) is 6.54 Å². The number of nitrogens with zero attached hydrogens (tertiary/aromatic N) is 2. The van der Waals surface area contributed by atoms with Crippen molar-refractivity contribution in [3.63, 3.8) is 0 Å². The van der Waals surface area contributed by atoms with Crippen molar-refractivity contribution in [1.82, 2.24) is 9.55 Å². The van der Waals surface area contributed by atoms with E-state index in [0.717, 1.165) is 11.0 Å². The molecular formula is C6H9BrClN3. The summed E-state index contributed by atoms with van der Waals surface area (Å²) in [5.41, 5.74) is 0.297. The molecule has 1 heterocycles. The number of rotatable bonds is 1. The molecule has 11 heavy (non-hydrogen) atoms. The standard InChI is InChI=1S/C6H8BrN3.ClH/c1-2-10-4-5(7)3-9-6(10)8;/h3-4,8H,2H2,1H3;1H. The molecule has 62 valence electrons. The molecule has 0 radical (unpaired) electrons. The van der Waals surface area contributed by atoms with Crippen LogP contribution >= 0.6 is 28.3 Å². The van der Waals surface area contributed by atoms with E-state index in [-0.39, 0.29) is 12.4 Å². The Morgan fingerprint density at radius 2 is 2.36 bits per heavy atom. The van der Waals surface area contributed by atoms with Crippen molar-refractivity contribution in [2.24, 2.45) is 0 Å². The predicted molar refractivity (Wildman–Crippen MR) is 48.7 cm³/mol. The Labute approximate surface area is 79.5 Å². The van der Waals surface area contributed by atoms with Crippen molar-refractivity contribution in [3.05, 3.63) is 22.5 Å². The fourth-order valence-corrected chi connectivity index (χ4v) is 1.03. The normalized spacial score (nSPS) is 8.91. The average Bonchev–Trinajstić information content (AvgIpc) is 1.94. The second-order valence-electron chi connectivity index (χ2n) is 1.88. The van der Waals surface area contributed by atoms with Gasteiger partial charge in [-0.25, -0.2) is 4.98 Å². The van der Waals surface area contributed by atoms with Crippen LogP contribution in [0.15, 0.2) is 16.9 Å². The molecule has 0 spiro atoms. The van der Waals surface area contributed by atoms with Crippen molar-refractivity contribution >= 4 is 28.3 Å². The summed E-state index contributed by atoms with van der Waals surface area (Å²) < 4.78 is 2.66. The fraction of sp³-hybridized carbons (Fsp3) is 0.333. The van der Waals surface area contributed by atoms with Crippen molar-refractivity contribution in [2.45, 2.75) is 13.5 Å². The third kappa shape index (κ3) is 2.63. The summed E-state index contributed by atoms with van der Waals surface area (Å²) >= 11 is 3.27. The van der Waals surface area contributed by atoms with Gasteiger partial charge in [-0.05, 0) is 22.9 Å². The van der Waals surface area contributed by atoms with E-state index < -0.39 is 0 Å². The van der Waals surface area contributed by atoms with Crippen LogP contribution in [0.3, 0.4) is 0 Å². The third-order valence-corrected chi connectivity index (χ3v) is 1.61. The summed E-state index contributed by atoms with van der Waals surface area (Å²) in [4.78, 5) is 3.83. The lowest BCUT2D eigenvalue weighted by atomic mass is 10.6. The zero-order chi connectivity index (χ0) is 7.56. The second-order valence-corrected chi connectivity index (χ2v) is 2.80. The van der Waals surface area contributed by atoms with Gasteiger partial charge in [0.1, 0.15) is 0 Å². The summed E-state index contributed by atoms with van der Waals surface area (Å²) in [5.74, 6) is 0. The maximum atomic E-state index is 7.30. The summed E-state index contributed by atoms with van der Waals surface area (Å²) in [6, 6.07) is 0. The largest absolute Gasteiger partial charge is 0.317 e. The van der Waals surface area contributed by atoms with Gasteiger partial charge in [-0.3, -0.25) is 5.41 Å². The molecule has 1 N–H and O–H groups in total. The Bertz CT molecular complexity index is 283. The van der Waals surface area contributed by atoms with E-state index in [2.05, 4.69) is 20.9 Å². The molecule has 0 fully saturated rings. The number of nitrogens with one attached hydrogen (secondary N) is 1. The molecule has 0 aromatic carbocycles. The highest BCUT2D eigenvalue weighted by atomic mass is 79.9. The summed E-state index contributed by atoms with van der Waals surface area (Å²) in [6.45, 7) is 2.76. The topological polar surface area (TPSA) is 41.7 Å². The molecule has 0 amide bonds. The molecule has 0 saturated carbocycles. The minimum atomic E-state index is 0. The fourth-order valence-electron chi connectivity index (χ4n) is 0.681. The van der Waals surface area contributed by atoms with Crippen molar-refractivity contribution < 1.29 is 0 Å². The van der Waals surface area contributed by atoms with E-state index in [9.17, 15) is 0 Å². The van der Waals surface area contributed by atoms with Gasteiger partial charge in [-0.1, -0.05) is 0 Å². The van der Waals surface area contributed by atoms with E-state index in [0.29, 0.717) is 5.62 Å².